The average molecular weight is 486 g/mol. The van der Waals surface area contributed by atoms with Gasteiger partial charge in [-0.3, -0.25) is 14.4 Å². The van der Waals surface area contributed by atoms with Crippen LogP contribution in [0.15, 0.2) is 12.2 Å². The molecule has 0 aromatic carbocycles. The third-order valence-electron chi connectivity index (χ3n) is 6.62. The molecule has 10 nitrogen and oxygen atoms in total. The van der Waals surface area contributed by atoms with Crippen molar-refractivity contribution in [1.29, 1.82) is 0 Å². The first-order valence-corrected chi connectivity index (χ1v) is 11.9. The normalized spacial score (nSPS) is 43.3. The highest BCUT2D eigenvalue weighted by Crippen LogP contribution is 2.31. The lowest BCUT2D eigenvalue weighted by Crippen LogP contribution is -2.57. The molecular weight excluding hydrogens is 446 g/mol. The minimum atomic E-state index is -1.54. The van der Waals surface area contributed by atoms with Gasteiger partial charge in [0, 0.05) is 19.3 Å². The largest absolute Gasteiger partial charge is 0.459 e. The number of amides is 1. The monoisotopic (exact) mass is 485 g/mol. The number of rotatable bonds is 4. The number of hydrogen-bond acceptors (Lipinski definition) is 9. The van der Waals surface area contributed by atoms with Gasteiger partial charge in [-0.05, 0) is 44.8 Å². The van der Waals surface area contributed by atoms with Crippen LogP contribution >= 0.6 is 0 Å². The minimum Gasteiger partial charge on any atom is -0.459 e. The van der Waals surface area contributed by atoms with E-state index >= 15 is 0 Å². The second-order valence-electron chi connectivity index (χ2n) is 9.79. The summed E-state index contributed by atoms with van der Waals surface area (Å²) in [6, 6.07) is -0.805. The fourth-order valence-electron chi connectivity index (χ4n) is 4.58. The Bertz CT molecular complexity index is 768. The Morgan fingerprint density at radius 1 is 1.24 bits per heavy atom. The number of esters is 1. The van der Waals surface area contributed by atoms with Crippen molar-refractivity contribution in [2.75, 3.05) is 0 Å². The number of ether oxygens (including phenoxy) is 3. The summed E-state index contributed by atoms with van der Waals surface area (Å²) in [6.07, 6.45) is -2.33. The summed E-state index contributed by atoms with van der Waals surface area (Å²) in [5.74, 6) is -2.79. The van der Waals surface area contributed by atoms with Gasteiger partial charge in [-0.15, -0.1) is 0 Å². The lowest BCUT2D eigenvalue weighted by atomic mass is 9.84. The van der Waals surface area contributed by atoms with Gasteiger partial charge in [0.05, 0.1) is 18.1 Å². The molecule has 0 radical (unpaired) electrons. The maximum Gasteiger partial charge on any atom is 0.311 e. The van der Waals surface area contributed by atoms with Crippen molar-refractivity contribution in [2.45, 2.75) is 103 Å². The highest BCUT2D eigenvalue weighted by molar-refractivity contribution is 5.91. The second-order valence-corrected chi connectivity index (χ2v) is 9.79. The first-order valence-electron chi connectivity index (χ1n) is 11.9. The lowest BCUT2D eigenvalue weighted by Gasteiger charge is -2.41. The molecule has 0 aromatic rings. The number of allylic oxidation sites excluding steroid dienone is 1. The van der Waals surface area contributed by atoms with Crippen LogP contribution in [0.1, 0.15) is 60.8 Å². The third kappa shape index (κ3) is 7.08. The van der Waals surface area contributed by atoms with Crippen molar-refractivity contribution >= 4 is 17.7 Å². The molecule has 1 saturated heterocycles. The number of aliphatic hydroxyl groups is 3. The topological polar surface area (TPSA) is 152 Å². The first-order chi connectivity index (χ1) is 15.8. The Morgan fingerprint density at radius 2 is 1.88 bits per heavy atom. The zero-order chi connectivity index (χ0) is 25.8. The zero-order valence-electron chi connectivity index (χ0n) is 20.8. The van der Waals surface area contributed by atoms with Gasteiger partial charge in [0.1, 0.15) is 17.8 Å². The second kappa shape index (κ2) is 11.7. The molecular formula is C24H39NO9. The summed E-state index contributed by atoms with van der Waals surface area (Å²) >= 11 is 0. The number of cyclic esters (lactones) is 1. The van der Waals surface area contributed by atoms with E-state index in [1.54, 1.807) is 20.8 Å². The Kier molecular flexibility index (Phi) is 9.79. The van der Waals surface area contributed by atoms with E-state index in [0.717, 1.165) is 0 Å². The molecule has 1 fully saturated rings. The number of nitrogens with one attached hydrogen (secondary N) is 1. The van der Waals surface area contributed by atoms with Crippen LogP contribution in [0.2, 0.25) is 0 Å². The van der Waals surface area contributed by atoms with Crippen LogP contribution in [0.4, 0.5) is 0 Å². The van der Waals surface area contributed by atoms with Gasteiger partial charge >= 0.3 is 5.97 Å². The molecule has 0 aliphatic carbocycles. The van der Waals surface area contributed by atoms with E-state index < -0.39 is 60.3 Å². The molecule has 2 heterocycles. The Morgan fingerprint density at radius 3 is 2.47 bits per heavy atom. The Balaban J connectivity index is 2.35. The molecule has 2 aliphatic rings. The van der Waals surface area contributed by atoms with Crippen LogP contribution in [0.3, 0.4) is 0 Å². The number of hydrogen-bond donors (Lipinski definition) is 4. The quantitative estimate of drug-likeness (QED) is 0.424. The molecule has 2 rings (SSSR count). The summed E-state index contributed by atoms with van der Waals surface area (Å²) in [4.78, 5) is 37.2. The predicted octanol–water partition coefficient (Wildman–Crippen LogP) is 0.812. The Hall–Kier alpha value is -1.85. The van der Waals surface area contributed by atoms with E-state index in [2.05, 4.69) is 5.32 Å². The molecule has 0 aromatic heterocycles. The molecule has 4 N–H and O–H groups in total. The third-order valence-corrected chi connectivity index (χ3v) is 6.62. The van der Waals surface area contributed by atoms with E-state index in [1.807, 2.05) is 6.92 Å². The summed E-state index contributed by atoms with van der Waals surface area (Å²) in [5.41, 5.74) is -1.54. The van der Waals surface area contributed by atoms with Crippen LogP contribution in [0.25, 0.3) is 0 Å². The maximum absolute atomic E-state index is 13.1. The number of carbonyl (C=O) groups excluding carboxylic acids is 3. The van der Waals surface area contributed by atoms with E-state index in [9.17, 15) is 29.7 Å². The summed E-state index contributed by atoms with van der Waals surface area (Å²) < 4.78 is 17.1. The standard InChI is InChI=1S/C24H39NO9/c1-7-18-24(6,31)9-8-17(27)12(2)10-13(3)21(14(4)22(30)32-18)34-23-20(29)16(25-15(5)26)11-19(28)33-23/h8-9,12-14,16,18-21,23,28-29,31H,7,10-11H2,1-6H3,(H,25,26)/b9-8+/t12-,13+,14-,16+,18-,19+,20-,21+,23+,24+/m1/s1. The highest BCUT2D eigenvalue weighted by atomic mass is 16.7. The number of ketones is 1. The van der Waals surface area contributed by atoms with E-state index in [4.69, 9.17) is 14.2 Å². The first kappa shape index (κ1) is 28.4. The maximum atomic E-state index is 13.1. The van der Waals surface area contributed by atoms with Crippen LogP contribution < -0.4 is 5.32 Å². The fraction of sp³-hybridized carbons (Fsp3) is 0.792. The number of aliphatic hydroxyl groups excluding tert-OH is 2. The minimum absolute atomic E-state index is 0.0243. The average Bonchev–Trinajstić information content (AvgIpc) is 2.74. The van der Waals surface area contributed by atoms with Crippen molar-refractivity contribution in [3.05, 3.63) is 12.2 Å². The van der Waals surface area contributed by atoms with Gasteiger partial charge in [0.2, 0.25) is 5.91 Å². The van der Waals surface area contributed by atoms with Gasteiger partial charge in [-0.2, -0.15) is 0 Å². The summed E-state index contributed by atoms with van der Waals surface area (Å²) in [7, 11) is 0. The molecule has 10 atom stereocenters. The number of carbonyl (C=O) groups is 3. The SMILES string of the molecule is CC[C@H]1OC(=O)[C@H](C)[C@@H](O[C@@H]2O[C@H](O)C[C@H](NC(C)=O)[C@H]2O)[C@@H](C)C[C@@H](C)C(=O)/C=C/[C@]1(C)O. The molecule has 194 valence electrons. The van der Waals surface area contributed by atoms with Crippen LogP contribution in [0.5, 0.6) is 0 Å². The molecule has 2 aliphatic heterocycles. The molecule has 0 unspecified atom stereocenters. The smallest absolute Gasteiger partial charge is 0.311 e. The van der Waals surface area contributed by atoms with Crippen LogP contribution in [-0.2, 0) is 28.6 Å². The molecule has 0 spiro atoms. The van der Waals surface area contributed by atoms with Gasteiger partial charge in [-0.25, -0.2) is 0 Å². The van der Waals surface area contributed by atoms with Crippen molar-refractivity contribution in [1.82, 2.24) is 5.32 Å². The van der Waals surface area contributed by atoms with Crippen LogP contribution in [0, 0.1) is 17.8 Å². The summed E-state index contributed by atoms with van der Waals surface area (Å²) in [6.45, 7) is 9.71. The van der Waals surface area contributed by atoms with E-state index in [1.165, 1.54) is 26.0 Å². The van der Waals surface area contributed by atoms with Crippen molar-refractivity contribution in [3.63, 3.8) is 0 Å². The van der Waals surface area contributed by atoms with Crippen molar-refractivity contribution < 1.29 is 43.9 Å². The fourth-order valence-corrected chi connectivity index (χ4v) is 4.58. The Labute approximate surface area is 200 Å². The van der Waals surface area contributed by atoms with Crippen LogP contribution in [-0.4, -0.2) is 75.5 Å². The van der Waals surface area contributed by atoms with Crippen molar-refractivity contribution in [2.24, 2.45) is 17.8 Å². The molecule has 1 amide bonds. The van der Waals surface area contributed by atoms with Gasteiger partial charge in [0.15, 0.2) is 18.4 Å². The highest BCUT2D eigenvalue weighted by Gasteiger charge is 2.44. The summed E-state index contributed by atoms with van der Waals surface area (Å²) in [5, 5.41) is 34.2. The zero-order valence-corrected chi connectivity index (χ0v) is 20.8. The lowest BCUT2D eigenvalue weighted by molar-refractivity contribution is -0.311. The van der Waals surface area contributed by atoms with Gasteiger partial charge in [-0.1, -0.05) is 20.8 Å². The van der Waals surface area contributed by atoms with E-state index in [-0.39, 0.29) is 24.0 Å². The molecule has 10 heteroatoms. The van der Waals surface area contributed by atoms with Crippen molar-refractivity contribution in [3.8, 4) is 0 Å². The predicted molar refractivity (Wildman–Crippen MR) is 121 cm³/mol. The van der Waals surface area contributed by atoms with Gasteiger partial charge < -0.3 is 34.8 Å². The van der Waals surface area contributed by atoms with Gasteiger partial charge in [0.25, 0.3) is 0 Å². The molecule has 0 saturated carbocycles. The molecule has 0 bridgehead atoms. The van der Waals surface area contributed by atoms with E-state index in [0.29, 0.717) is 12.8 Å². The molecule has 34 heavy (non-hydrogen) atoms.